The molecule has 2 aromatic carbocycles. The van der Waals surface area contributed by atoms with E-state index < -0.39 is 17.9 Å². The van der Waals surface area contributed by atoms with Gasteiger partial charge in [0.1, 0.15) is 11.9 Å². The third-order valence-corrected chi connectivity index (χ3v) is 6.11. The molecule has 0 aliphatic heterocycles. The fraction of sp³-hybridized carbons (Fsp3) is 0.367. The van der Waals surface area contributed by atoms with Crippen molar-refractivity contribution >= 4 is 11.9 Å². The number of primary amides is 1. The van der Waals surface area contributed by atoms with Crippen molar-refractivity contribution in [2.75, 3.05) is 0 Å². The maximum Gasteiger partial charge on any atom is 0.303 e. The largest absolute Gasteiger partial charge is 0.481 e. The van der Waals surface area contributed by atoms with Gasteiger partial charge in [0.15, 0.2) is 0 Å². The molecule has 0 aliphatic rings. The Hall–Kier alpha value is -3.74. The number of aryl methyl sites for hydroxylation is 5. The third-order valence-electron chi connectivity index (χ3n) is 6.11. The van der Waals surface area contributed by atoms with Gasteiger partial charge >= 0.3 is 5.97 Å². The Bertz CT molecular complexity index is 1300. The van der Waals surface area contributed by atoms with E-state index in [9.17, 15) is 18.8 Å². The summed E-state index contributed by atoms with van der Waals surface area (Å²) in [6.07, 6.45) is 2.32. The summed E-state index contributed by atoms with van der Waals surface area (Å²) in [5, 5.41) is 8.82. The predicted molar refractivity (Wildman–Crippen MR) is 145 cm³/mol. The van der Waals surface area contributed by atoms with Gasteiger partial charge in [0.2, 0.25) is 5.91 Å². The number of aliphatic carboxylic acids is 1. The molecule has 0 aliphatic carbocycles. The van der Waals surface area contributed by atoms with Crippen molar-refractivity contribution in [3.05, 3.63) is 92.6 Å². The lowest BCUT2D eigenvalue weighted by Gasteiger charge is -2.17. The number of carboxylic acids is 1. The summed E-state index contributed by atoms with van der Waals surface area (Å²) < 4.78 is 15.6. The van der Waals surface area contributed by atoms with E-state index in [4.69, 9.17) is 10.8 Å². The summed E-state index contributed by atoms with van der Waals surface area (Å²) in [7, 11) is 0. The molecule has 1 aromatic heterocycles. The van der Waals surface area contributed by atoms with E-state index in [1.54, 1.807) is 31.3 Å². The average molecular weight is 509 g/mol. The minimum atomic E-state index is -0.912. The number of nitrogens with zero attached hydrogens (tertiary/aromatic N) is 1. The highest BCUT2D eigenvalue weighted by Gasteiger charge is 2.19. The summed E-state index contributed by atoms with van der Waals surface area (Å²) in [5.74, 6) is -1.36. The maximum absolute atomic E-state index is 14.2. The van der Waals surface area contributed by atoms with Crippen molar-refractivity contribution in [2.45, 2.75) is 66.8 Å². The number of aromatic nitrogens is 1. The summed E-state index contributed by atoms with van der Waals surface area (Å²) in [5.41, 5.74) is 11.7. The van der Waals surface area contributed by atoms with Crippen LogP contribution in [0.1, 0.15) is 60.5 Å². The Morgan fingerprint density at radius 3 is 2.14 bits per heavy atom. The van der Waals surface area contributed by atoms with E-state index in [0.29, 0.717) is 23.5 Å². The highest BCUT2D eigenvalue weighted by atomic mass is 19.1. The van der Waals surface area contributed by atoms with Crippen LogP contribution in [0, 0.1) is 39.4 Å². The van der Waals surface area contributed by atoms with Crippen LogP contribution in [-0.4, -0.2) is 21.6 Å². The minimum absolute atomic E-state index is 0.0638. The molecule has 0 bridgehead atoms. The van der Waals surface area contributed by atoms with Gasteiger partial charge in [-0.2, -0.15) is 0 Å². The molecule has 0 saturated carbocycles. The highest BCUT2D eigenvalue weighted by Crippen LogP contribution is 2.31. The predicted octanol–water partition coefficient (Wildman–Crippen LogP) is 5.66. The number of halogens is 1. The molecule has 0 spiro atoms. The quantitative estimate of drug-likeness (QED) is 0.410. The van der Waals surface area contributed by atoms with Gasteiger partial charge in [-0.3, -0.25) is 14.4 Å². The maximum atomic E-state index is 14.2. The second kappa shape index (κ2) is 13.0. The van der Waals surface area contributed by atoms with Gasteiger partial charge in [-0.1, -0.05) is 37.6 Å². The third kappa shape index (κ3) is 8.13. The van der Waals surface area contributed by atoms with Crippen LogP contribution in [0.4, 0.5) is 4.39 Å². The number of carbonyl (C=O) groups is 2. The zero-order chi connectivity index (χ0) is 27.9. The Morgan fingerprint density at radius 1 is 1.00 bits per heavy atom. The first-order chi connectivity index (χ1) is 17.3. The van der Waals surface area contributed by atoms with Crippen molar-refractivity contribution in [2.24, 2.45) is 11.7 Å². The fourth-order valence-electron chi connectivity index (χ4n) is 4.56. The van der Waals surface area contributed by atoms with Crippen molar-refractivity contribution in [3.8, 4) is 11.1 Å². The summed E-state index contributed by atoms with van der Waals surface area (Å²) in [4.78, 5) is 33.5. The van der Waals surface area contributed by atoms with Gasteiger partial charge in [-0.05, 0) is 98.0 Å². The van der Waals surface area contributed by atoms with E-state index in [-0.39, 0.29) is 24.2 Å². The van der Waals surface area contributed by atoms with Crippen LogP contribution < -0.4 is 11.3 Å². The number of hydrogen-bond acceptors (Lipinski definition) is 3. The van der Waals surface area contributed by atoms with Gasteiger partial charge in [0, 0.05) is 18.7 Å². The number of hydrogen-bond donors (Lipinski definition) is 2. The standard InChI is InChI=1S/C19H21FO2.C11H16N2O2/c1-11-7-12(2)18(13(3)8-11)16-9-14(4)19(20)15(10-16)5-6-17(21)22;1-8(2)7-9(11(12)15)13-6-4-3-5-10(13)14/h7-10H,5-6H2,1-4H3,(H,21,22);3-6,8-9H,7H2,1-2H3,(H2,12,15). The molecule has 37 heavy (non-hydrogen) atoms. The van der Waals surface area contributed by atoms with Gasteiger partial charge in [-0.25, -0.2) is 4.39 Å². The first-order valence-corrected chi connectivity index (χ1v) is 12.4. The zero-order valence-corrected chi connectivity index (χ0v) is 22.5. The normalized spacial score (nSPS) is 11.6. The topological polar surface area (TPSA) is 102 Å². The Morgan fingerprint density at radius 2 is 1.62 bits per heavy atom. The van der Waals surface area contributed by atoms with Gasteiger partial charge in [0.25, 0.3) is 5.56 Å². The zero-order valence-electron chi connectivity index (χ0n) is 22.5. The van der Waals surface area contributed by atoms with Crippen molar-refractivity contribution in [3.63, 3.8) is 0 Å². The molecule has 0 fully saturated rings. The van der Waals surface area contributed by atoms with Gasteiger partial charge in [0.05, 0.1) is 0 Å². The van der Waals surface area contributed by atoms with E-state index in [1.165, 1.54) is 16.2 Å². The molecule has 1 amide bonds. The van der Waals surface area contributed by atoms with Crippen LogP contribution in [0.25, 0.3) is 11.1 Å². The van der Waals surface area contributed by atoms with Crippen LogP contribution in [0.5, 0.6) is 0 Å². The van der Waals surface area contributed by atoms with Crippen molar-refractivity contribution in [1.29, 1.82) is 0 Å². The molecule has 3 rings (SSSR count). The molecule has 6 nitrogen and oxygen atoms in total. The Labute approximate surface area is 218 Å². The fourth-order valence-corrected chi connectivity index (χ4v) is 4.56. The molecule has 0 saturated heterocycles. The van der Waals surface area contributed by atoms with Crippen LogP contribution in [0.15, 0.2) is 53.5 Å². The molecule has 198 valence electrons. The Balaban J connectivity index is 0.000000281. The smallest absolute Gasteiger partial charge is 0.303 e. The molecule has 3 aromatic rings. The van der Waals surface area contributed by atoms with E-state index in [0.717, 1.165) is 22.3 Å². The molecule has 1 atom stereocenters. The number of carboxylic acid groups (broad SMARTS) is 1. The second-order valence-corrected chi connectivity index (χ2v) is 9.93. The number of amides is 1. The van der Waals surface area contributed by atoms with Crippen molar-refractivity contribution < 1.29 is 19.1 Å². The number of nitrogens with two attached hydrogens (primary N) is 1. The van der Waals surface area contributed by atoms with Crippen LogP contribution in [-0.2, 0) is 16.0 Å². The average Bonchev–Trinajstić information content (AvgIpc) is 2.78. The first-order valence-electron chi connectivity index (χ1n) is 12.4. The van der Waals surface area contributed by atoms with E-state index in [2.05, 4.69) is 19.1 Å². The van der Waals surface area contributed by atoms with Crippen molar-refractivity contribution in [1.82, 2.24) is 4.57 Å². The minimum Gasteiger partial charge on any atom is -0.481 e. The van der Waals surface area contributed by atoms with Gasteiger partial charge < -0.3 is 15.4 Å². The van der Waals surface area contributed by atoms with E-state index >= 15 is 0 Å². The molecular formula is C30H37FN2O4. The molecule has 7 heteroatoms. The SMILES string of the molecule is CC(C)CC(C(N)=O)n1ccccc1=O.Cc1cc(C)c(-c2cc(C)c(F)c(CCC(=O)O)c2)c(C)c1. The summed E-state index contributed by atoms with van der Waals surface area (Å²) in [6, 6.07) is 12.1. The summed E-state index contributed by atoms with van der Waals surface area (Å²) in [6.45, 7) is 11.9. The lowest BCUT2D eigenvalue weighted by Crippen LogP contribution is -2.33. The second-order valence-electron chi connectivity index (χ2n) is 9.93. The van der Waals surface area contributed by atoms with Crippen LogP contribution in [0.3, 0.4) is 0 Å². The Kier molecular flexibility index (Phi) is 10.4. The van der Waals surface area contributed by atoms with E-state index in [1.807, 2.05) is 33.8 Å². The highest BCUT2D eigenvalue weighted by molar-refractivity contribution is 5.78. The lowest BCUT2D eigenvalue weighted by molar-refractivity contribution is -0.137. The van der Waals surface area contributed by atoms with Gasteiger partial charge in [-0.15, -0.1) is 0 Å². The molecule has 1 heterocycles. The molecule has 0 radical (unpaired) electrons. The monoisotopic (exact) mass is 508 g/mol. The summed E-state index contributed by atoms with van der Waals surface area (Å²) >= 11 is 0. The van der Waals surface area contributed by atoms with Crippen LogP contribution >= 0.6 is 0 Å². The first kappa shape index (κ1) is 29.5. The number of carbonyl (C=O) groups excluding carboxylic acids is 1. The number of pyridine rings is 1. The molecule has 3 N–H and O–H groups in total. The molecule has 1 unspecified atom stereocenters. The van der Waals surface area contributed by atoms with Crippen LogP contribution in [0.2, 0.25) is 0 Å². The number of benzene rings is 2. The lowest BCUT2D eigenvalue weighted by atomic mass is 9.91. The molecular weight excluding hydrogens is 471 g/mol. The number of rotatable bonds is 8.